The van der Waals surface area contributed by atoms with Crippen LogP contribution >= 0.6 is 11.6 Å². The van der Waals surface area contributed by atoms with Gasteiger partial charge in [0.2, 0.25) is 0 Å². The molecule has 0 unspecified atom stereocenters. The highest BCUT2D eigenvalue weighted by atomic mass is 35.5. The average Bonchev–Trinajstić information content (AvgIpc) is 2.77. The molecule has 2 rings (SSSR count). The van der Waals surface area contributed by atoms with Crippen molar-refractivity contribution in [3.8, 4) is 0 Å². The number of aromatic amines is 1. The van der Waals surface area contributed by atoms with Crippen LogP contribution < -0.4 is 4.72 Å². The molecule has 0 bridgehead atoms. The van der Waals surface area contributed by atoms with E-state index in [1.54, 1.807) is 6.92 Å². The summed E-state index contributed by atoms with van der Waals surface area (Å²) in [6.07, 6.45) is 0. The van der Waals surface area contributed by atoms with Crippen LogP contribution in [-0.4, -0.2) is 26.5 Å². The lowest BCUT2D eigenvalue weighted by atomic mass is 10.3. The monoisotopic (exact) mass is 346 g/mol. The number of sulfonamides is 1. The molecule has 2 N–H and O–H groups in total. The van der Waals surface area contributed by atoms with Gasteiger partial charge in [0.15, 0.2) is 0 Å². The fourth-order valence-corrected chi connectivity index (χ4v) is 3.11. The summed E-state index contributed by atoms with van der Waals surface area (Å²) < 4.78 is 45.0. The number of methoxy groups -OCH3 is 1. The molecule has 0 amide bonds. The van der Waals surface area contributed by atoms with Gasteiger partial charge in [0.25, 0.3) is 10.0 Å². The van der Waals surface area contributed by atoms with E-state index in [0.29, 0.717) is 5.69 Å². The average molecular weight is 347 g/mol. The quantitative estimate of drug-likeness (QED) is 0.833. The van der Waals surface area contributed by atoms with Gasteiger partial charge >= 0.3 is 5.97 Å². The highest BCUT2D eigenvalue weighted by molar-refractivity contribution is 7.92. The molecule has 22 heavy (non-hydrogen) atoms. The Morgan fingerprint density at radius 2 is 2.05 bits per heavy atom. The van der Waals surface area contributed by atoms with Crippen molar-refractivity contribution >= 4 is 33.3 Å². The number of rotatable bonds is 4. The van der Waals surface area contributed by atoms with Crippen LogP contribution in [0.2, 0.25) is 5.02 Å². The number of aryl methyl sites for hydroxylation is 1. The van der Waals surface area contributed by atoms with Crippen LogP contribution in [0.25, 0.3) is 0 Å². The molecule has 0 fully saturated rings. The van der Waals surface area contributed by atoms with Crippen LogP contribution in [0, 0.1) is 12.7 Å². The van der Waals surface area contributed by atoms with Gasteiger partial charge in [0.1, 0.15) is 16.4 Å². The summed E-state index contributed by atoms with van der Waals surface area (Å²) in [6, 6.07) is 4.58. The van der Waals surface area contributed by atoms with Gasteiger partial charge in [-0.05, 0) is 31.2 Å². The Morgan fingerprint density at radius 1 is 1.36 bits per heavy atom. The fraction of sp³-hybridized carbons (Fsp3) is 0.154. The Morgan fingerprint density at radius 3 is 2.64 bits per heavy atom. The number of aromatic nitrogens is 1. The normalized spacial score (nSPS) is 11.3. The second kappa shape index (κ2) is 5.98. The molecule has 0 radical (unpaired) electrons. The molecule has 0 atom stereocenters. The van der Waals surface area contributed by atoms with Gasteiger partial charge in [0, 0.05) is 10.7 Å². The van der Waals surface area contributed by atoms with Gasteiger partial charge in [-0.1, -0.05) is 11.6 Å². The third kappa shape index (κ3) is 3.23. The Hall–Kier alpha value is -2.06. The maximum atomic E-state index is 13.8. The number of esters is 1. The molecule has 1 aromatic carbocycles. The van der Waals surface area contributed by atoms with Gasteiger partial charge < -0.3 is 9.72 Å². The van der Waals surface area contributed by atoms with Crippen LogP contribution in [0.5, 0.6) is 0 Å². The van der Waals surface area contributed by atoms with Crippen molar-refractivity contribution < 1.29 is 22.3 Å². The van der Waals surface area contributed by atoms with Crippen LogP contribution in [0.15, 0.2) is 29.2 Å². The molecule has 6 nitrogen and oxygen atoms in total. The summed E-state index contributed by atoms with van der Waals surface area (Å²) in [4.78, 5) is 13.7. The summed E-state index contributed by atoms with van der Waals surface area (Å²) in [5, 5.41) is 0.0733. The predicted octanol–water partition coefficient (Wildman–Crippen LogP) is 2.70. The minimum Gasteiger partial charge on any atom is -0.464 e. The molecule has 1 aromatic heterocycles. The van der Waals surface area contributed by atoms with Crippen molar-refractivity contribution in [3.63, 3.8) is 0 Å². The Labute approximate surface area is 131 Å². The molecule has 0 aliphatic heterocycles. The van der Waals surface area contributed by atoms with Crippen molar-refractivity contribution in [2.24, 2.45) is 0 Å². The molecular weight excluding hydrogens is 335 g/mol. The van der Waals surface area contributed by atoms with Gasteiger partial charge in [0.05, 0.1) is 12.8 Å². The standard InChI is InChI=1S/C13H12ClFN2O4S/c1-7-5-10(12(16-7)13(18)21-2)17-22(19,20)11-4-3-8(14)6-9(11)15/h3-6,16-17H,1-2H3. The van der Waals surface area contributed by atoms with Crippen molar-refractivity contribution in [1.29, 1.82) is 0 Å². The van der Waals surface area contributed by atoms with Crippen LogP contribution in [0.4, 0.5) is 10.1 Å². The summed E-state index contributed by atoms with van der Waals surface area (Å²) in [7, 11) is -3.06. The third-order valence-electron chi connectivity index (χ3n) is 2.77. The van der Waals surface area contributed by atoms with Crippen LogP contribution in [-0.2, 0) is 14.8 Å². The van der Waals surface area contributed by atoms with E-state index < -0.39 is 26.7 Å². The van der Waals surface area contributed by atoms with E-state index in [9.17, 15) is 17.6 Å². The van der Waals surface area contributed by atoms with E-state index in [0.717, 1.165) is 19.2 Å². The number of anilines is 1. The minimum atomic E-state index is -4.22. The molecule has 0 aliphatic rings. The second-order valence-corrected chi connectivity index (χ2v) is 6.50. The molecule has 0 spiro atoms. The molecule has 118 valence electrons. The first kappa shape index (κ1) is 16.3. The van der Waals surface area contributed by atoms with Gasteiger partial charge in [-0.15, -0.1) is 0 Å². The number of benzene rings is 1. The largest absolute Gasteiger partial charge is 0.464 e. The number of nitrogens with one attached hydrogen (secondary N) is 2. The molecular formula is C13H12ClFN2O4S. The number of hydrogen-bond acceptors (Lipinski definition) is 4. The topological polar surface area (TPSA) is 88.3 Å². The Balaban J connectivity index is 2.43. The number of carbonyl (C=O) groups is 1. The first-order valence-electron chi connectivity index (χ1n) is 6.00. The van der Waals surface area contributed by atoms with E-state index in [1.807, 2.05) is 0 Å². The number of carbonyl (C=O) groups excluding carboxylic acids is 1. The fourth-order valence-electron chi connectivity index (χ4n) is 1.83. The van der Waals surface area contributed by atoms with Crippen LogP contribution in [0.1, 0.15) is 16.2 Å². The van der Waals surface area contributed by atoms with Crippen LogP contribution in [0.3, 0.4) is 0 Å². The molecule has 0 saturated carbocycles. The van der Waals surface area contributed by atoms with E-state index >= 15 is 0 Å². The minimum absolute atomic E-state index is 0.0290. The summed E-state index contributed by atoms with van der Waals surface area (Å²) >= 11 is 5.59. The number of halogens is 2. The second-order valence-electron chi connectivity index (χ2n) is 4.41. The third-order valence-corrected chi connectivity index (χ3v) is 4.40. The summed E-state index contributed by atoms with van der Waals surface area (Å²) in [5.74, 6) is -1.74. The molecule has 1 heterocycles. The van der Waals surface area contributed by atoms with Gasteiger partial charge in [-0.2, -0.15) is 0 Å². The highest BCUT2D eigenvalue weighted by Gasteiger charge is 2.23. The maximum absolute atomic E-state index is 13.8. The molecule has 9 heteroatoms. The highest BCUT2D eigenvalue weighted by Crippen LogP contribution is 2.24. The van der Waals surface area contributed by atoms with E-state index in [1.165, 1.54) is 12.1 Å². The number of ether oxygens (including phenoxy) is 1. The summed E-state index contributed by atoms with van der Waals surface area (Å²) in [6.45, 7) is 1.63. The molecule has 0 aliphatic carbocycles. The van der Waals surface area contributed by atoms with E-state index in [-0.39, 0.29) is 16.4 Å². The van der Waals surface area contributed by atoms with Gasteiger partial charge in [-0.3, -0.25) is 4.72 Å². The van der Waals surface area contributed by atoms with Crippen molar-refractivity contribution in [2.75, 3.05) is 11.8 Å². The lowest BCUT2D eigenvalue weighted by Crippen LogP contribution is -2.16. The zero-order chi connectivity index (χ0) is 16.5. The zero-order valence-corrected chi connectivity index (χ0v) is 13.2. The Bertz CT molecular complexity index is 833. The van der Waals surface area contributed by atoms with E-state index in [4.69, 9.17) is 11.6 Å². The Kier molecular flexibility index (Phi) is 4.43. The first-order valence-corrected chi connectivity index (χ1v) is 7.86. The lowest BCUT2D eigenvalue weighted by molar-refractivity contribution is 0.0596. The molecule has 0 saturated heterocycles. The molecule has 2 aromatic rings. The van der Waals surface area contributed by atoms with Crippen molar-refractivity contribution in [3.05, 3.63) is 46.5 Å². The summed E-state index contributed by atoms with van der Waals surface area (Å²) in [5.41, 5.74) is 0.436. The number of H-pyrrole nitrogens is 1. The van der Waals surface area contributed by atoms with Crippen molar-refractivity contribution in [1.82, 2.24) is 4.98 Å². The van der Waals surface area contributed by atoms with Gasteiger partial charge in [-0.25, -0.2) is 17.6 Å². The maximum Gasteiger partial charge on any atom is 0.356 e. The van der Waals surface area contributed by atoms with Crippen molar-refractivity contribution in [2.45, 2.75) is 11.8 Å². The zero-order valence-electron chi connectivity index (χ0n) is 11.6. The predicted molar refractivity (Wildman–Crippen MR) is 79.1 cm³/mol. The SMILES string of the molecule is COC(=O)c1[nH]c(C)cc1NS(=O)(=O)c1ccc(Cl)cc1F. The smallest absolute Gasteiger partial charge is 0.356 e. The number of hydrogen-bond donors (Lipinski definition) is 2. The lowest BCUT2D eigenvalue weighted by Gasteiger charge is -2.09. The first-order chi connectivity index (χ1) is 10.2. The van der Waals surface area contributed by atoms with E-state index in [2.05, 4.69) is 14.4 Å².